The van der Waals surface area contributed by atoms with Gasteiger partial charge in [0.2, 0.25) is 45.4 Å². The highest BCUT2D eigenvalue weighted by Crippen LogP contribution is 2.33. The quantitative estimate of drug-likeness (QED) is 0.0820. The Labute approximate surface area is 631 Å². The predicted molar refractivity (Wildman–Crippen MR) is 421 cm³/mol. The molecule has 0 bridgehead atoms. The minimum Gasteiger partial charge on any atom is -0.468 e. The SMILES string of the molecule is COC(=O)c1ccc(C)c(-c2ccc(C(F)(F)F)c[n+]2C)c1.COc1cc(C)c(-c2ccc3ccccc3[n+]2C)o1.Cc1c(-c2cccc[n+]2C)ccc2ccccc12.Cc1cc(F)cc(-c2cccc[n+]2C)c1C.Cc1ccccc1-c1cccc(-c2ccccc2)[n+]1C.Cc1ccccc1-n1ccc[n+]1C. The van der Waals surface area contributed by atoms with Crippen LogP contribution in [0.2, 0.25) is 0 Å². The van der Waals surface area contributed by atoms with Crippen LogP contribution >= 0.6 is 0 Å². The predicted octanol–water partition coefficient (Wildman–Crippen LogP) is 18.9. The molecule has 0 spiro atoms. The van der Waals surface area contributed by atoms with E-state index in [4.69, 9.17) is 9.15 Å². The van der Waals surface area contributed by atoms with E-state index in [2.05, 4.69) is 251 Å². The van der Waals surface area contributed by atoms with Gasteiger partial charge in [-0.05, 0) is 184 Å². The second kappa shape index (κ2) is 35.5. The number of hydrogen-bond donors (Lipinski definition) is 0. The summed E-state index contributed by atoms with van der Waals surface area (Å²) in [6, 6.07) is 86.0. The van der Waals surface area contributed by atoms with Crippen molar-refractivity contribution in [2.45, 2.75) is 54.6 Å². The number of nitrogens with zero attached hydrogens (tertiary/aromatic N) is 7. The van der Waals surface area contributed by atoms with Crippen molar-refractivity contribution in [3.05, 3.63) is 348 Å². The van der Waals surface area contributed by atoms with Crippen LogP contribution in [0.15, 0.2) is 296 Å². The Morgan fingerprint density at radius 3 is 1.65 bits per heavy atom. The molecule has 15 rings (SSSR count). The first kappa shape index (κ1) is 78.1. The lowest BCUT2D eigenvalue weighted by molar-refractivity contribution is -0.744. The number of carbonyl (C=O) groups excluding carboxylic acids is 1. The third kappa shape index (κ3) is 18.6. The number of hydrogen-bond acceptors (Lipinski definition) is 4. The number of alkyl halides is 3. The third-order valence-corrected chi connectivity index (χ3v) is 19.2. The normalized spacial score (nSPS) is 10.8. The lowest BCUT2D eigenvalue weighted by atomic mass is 9.98. The summed E-state index contributed by atoms with van der Waals surface area (Å²) in [6.45, 7) is 14.3. The van der Waals surface area contributed by atoms with Gasteiger partial charge in [-0.1, -0.05) is 103 Å². The summed E-state index contributed by atoms with van der Waals surface area (Å²) in [5.41, 5.74) is 21.8. The van der Waals surface area contributed by atoms with E-state index in [1.165, 1.54) is 103 Å². The number of fused-ring (bicyclic) bond motifs is 2. The van der Waals surface area contributed by atoms with Crippen molar-refractivity contribution in [1.29, 1.82) is 0 Å². The molecule has 0 aliphatic rings. The number of benzene rings is 8. The molecule has 7 heterocycles. The minimum absolute atomic E-state index is 0.179. The van der Waals surface area contributed by atoms with Crippen molar-refractivity contribution >= 4 is 27.6 Å². The number of aromatic nitrogens is 7. The van der Waals surface area contributed by atoms with Crippen LogP contribution in [0, 0.1) is 54.3 Å². The van der Waals surface area contributed by atoms with Crippen molar-refractivity contribution in [3.63, 3.8) is 0 Å². The molecule has 108 heavy (non-hydrogen) atoms. The molecule has 0 fully saturated rings. The molecule has 15 aromatic rings. The van der Waals surface area contributed by atoms with Gasteiger partial charge in [-0.2, -0.15) is 22.3 Å². The zero-order valence-electron chi connectivity index (χ0n) is 64.0. The molecular weight excluding hydrogens is 1360 g/mol. The number of halogens is 4. The highest BCUT2D eigenvalue weighted by Gasteiger charge is 2.34. The molecule has 0 N–H and O–H groups in total. The molecule has 546 valence electrons. The Hall–Kier alpha value is -12.5. The van der Waals surface area contributed by atoms with Gasteiger partial charge in [0, 0.05) is 99.9 Å². The van der Waals surface area contributed by atoms with E-state index in [0.29, 0.717) is 22.8 Å². The van der Waals surface area contributed by atoms with Crippen LogP contribution in [0.25, 0.3) is 95.1 Å². The molecule has 0 saturated heterocycles. The summed E-state index contributed by atoms with van der Waals surface area (Å²) in [4.78, 5) is 11.6. The van der Waals surface area contributed by atoms with E-state index < -0.39 is 17.7 Å². The summed E-state index contributed by atoms with van der Waals surface area (Å²) in [7, 11) is 14.7. The lowest BCUT2D eigenvalue weighted by Gasteiger charge is -2.09. The van der Waals surface area contributed by atoms with Crippen molar-refractivity contribution in [1.82, 2.24) is 4.68 Å². The van der Waals surface area contributed by atoms with E-state index in [-0.39, 0.29) is 5.82 Å². The number of ether oxygens (including phenoxy) is 2. The number of methoxy groups -OCH3 is 2. The van der Waals surface area contributed by atoms with Gasteiger partial charge in [-0.3, -0.25) is 0 Å². The molecule has 8 aromatic carbocycles. The highest BCUT2D eigenvalue weighted by atomic mass is 19.4. The number of aryl methyl sites for hydroxylation is 11. The van der Waals surface area contributed by atoms with Gasteiger partial charge < -0.3 is 13.9 Å². The van der Waals surface area contributed by atoms with Crippen molar-refractivity contribution < 1.29 is 63.8 Å². The number of pyridine rings is 5. The molecule has 0 aliphatic heterocycles. The van der Waals surface area contributed by atoms with Crippen LogP contribution in [-0.2, 0) is 53.2 Å². The fourth-order valence-corrected chi connectivity index (χ4v) is 13.1. The third-order valence-electron chi connectivity index (χ3n) is 19.2. The van der Waals surface area contributed by atoms with Crippen LogP contribution in [0.3, 0.4) is 0 Å². The van der Waals surface area contributed by atoms with Crippen LogP contribution < -0.4 is 32.3 Å². The Morgan fingerprint density at radius 1 is 0.426 bits per heavy atom. The molecule has 0 amide bonds. The zero-order chi connectivity index (χ0) is 77.3. The Balaban J connectivity index is 0.000000139. The molecule has 0 radical (unpaired) electrons. The van der Waals surface area contributed by atoms with Crippen LogP contribution in [-0.4, -0.2) is 24.9 Å². The summed E-state index contributed by atoms with van der Waals surface area (Å²) in [5, 5.41) is 3.85. The van der Waals surface area contributed by atoms with Gasteiger partial charge in [0.05, 0.1) is 31.5 Å². The van der Waals surface area contributed by atoms with E-state index in [9.17, 15) is 22.4 Å². The Bertz CT molecular complexity index is 5650. The summed E-state index contributed by atoms with van der Waals surface area (Å²) >= 11 is 0. The first-order valence-electron chi connectivity index (χ1n) is 35.5. The number of rotatable bonds is 9. The molecule has 11 nitrogen and oxygen atoms in total. The monoisotopic (exact) mass is 1450 g/mol. The molecule has 7 aromatic heterocycles. The van der Waals surface area contributed by atoms with Crippen LogP contribution in [0.4, 0.5) is 17.6 Å². The fraction of sp³-hybridized carbons (Fsp3) is 0.172. The van der Waals surface area contributed by atoms with Gasteiger partial charge in [0.1, 0.15) is 52.3 Å². The summed E-state index contributed by atoms with van der Waals surface area (Å²) in [5.74, 6) is 0.725. The average Bonchev–Trinajstić information content (AvgIpc) is 1.40. The Morgan fingerprint density at radius 2 is 1.01 bits per heavy atom. The van der Waals surface area contributed by atoms with Crippen molar-refractivity contribution in [3.8, 4) is 79.4 Å². The summed E-state index contributed by atoms with van der Waals surface area (Å²) < 4.78 is 81.3. The minimum atomic E-state index is -4.39. The number of esters is 1. The maximum Gasteiger partial charge on any atom is 0.422 e. The summed E-state index contributed by atoms with van der Waals surface area (Å²) in [6.07, 6.45) is 4.78. The molecule has 0 aliphatic carbocycles. The van der Waals surface area contributed by atoms with E-state index in [1.807, 2.05) is 108 Å². The molecule has 0 saturated carbocycles. The largest absolute Gasteiger partial charge is 0.468 e. The van der Waals surface area contributed by atoms with Gasteiger partial charge >= 0.3 is 12.1 Å². The van der Waals surface area contributed by atoms with E-state index in [1.54, 1.807) is 37.4 Å². The van der Waals surface area contributed by atoms with Crippen molar-refractivity contribution in [2.75, 3.05) is 14.2 Å². The molecule has 15 heteroatoms. The van der Waals surface area contributed by atoms with Gasteiger partial charge in [-0.15, -0.1) is 9.36 Å². The maximum absolute atomic E-state index is 13.4. The highest BCUT2D eigenvalue weighted by molar-refractivity contribution is 5.92. The smallest absolute Gasteiger partial charge is 0.422 e. The molecule has 0 atom stereocenters. The second-order valence-electron chi connectivity index (χ2n) is 26.5. The molecule has 0 unspecified atom stereocenters. The maximum atomic E-state index is 13.4. The first-order chi connectivity index (χ1) is 51.9. The lowest BCUT2D eigenvalue weighted by Crippen LogP contribution is -2.36. The fourth-order valence-electron chi connectivity index (χ4n) is 13.1. The molecular formula is C93H93F4N7O4+6. The number of para-hydroxylation sites is 2. The Kier molecular flexibility index (Phi) is 25.7. The van der Waals surface area contributed by atoms with Crippen LogP contribution in [0.1, 0.15) is 54.9 Å². The average molecular weight is 1450 g/mol. The van der Waals surface area contributed by atoms with Crippen LogP contribution in [0.5, 0.6) is 5.95 Å². The van der Waals surface area contributed by atoms with Gasteiger partial charge in [-0.25, -0.2) is 22.9 Å². The number of furan rings is 1. The standard InChI is InChI=1S/C19H18N.C17H16N.C16H15F3NO2.C16H16NO2.C14H15FN.C11H13N2/c1-15-9-6-7-12-17(15)19-14-8-13-18(20(19)2)16-10-4-3-5-11-16;1-13-15-8-4-3-7-14(15)10-11-16(13)17-9-5-6-12-18(17)2;1-10-4-5-11(15(21)22-3)8-13(10)14-7-6-12(9-20(14)2)16(17,18)19;1-11-10-15(18-3)19-16(11)14-9-8-12-6-4-5-7-13(12)17(14)2;1-10-8-12(15)9-13(11(10)2)14-6-4-5-7-16(14)3;1-10-6-3-4-7-11(10)13-9-5-8-12(13)2/h3-14H,1-2H3;3-12H,1-2H3;4-9H,1-3H3;4-10H,1-3H3;4-9H,1-3H3;3-9H,1-2H3/q6*+1. The van der Waals surface area contributed by atoms with Gasteiger partial charge in [0.25, 0.3) is 5.95 Å². The van der Waals surface area contributed by atoms with Gasteiger partial charge in [0.15, 0.2) is 31.8 Å². The second-order valence-corrected chi connectivity index (χ2v) is 26.5. The zero-order valence-corrected chi connectivity index (χ0v) is 64.0. The first-order valence-corrected chi connectivity index (χ1v) is 35.5. The van der Waals surface area contributed by atoms with E-state index in [0.717, 1.165) is 57.2 Å². The van der Waals surface area contributed by atoms with E-state index >= 15 is 0 Å². The topological polar surface area (TPSA) is 76.9 Å². The number of carbonyl (C=O) groups is 1. The van der Waals surface area contributed by atoms with Crippen molar-refractivity contribution in [2.24, 2.45) is 42.3 Å².